The van der Waals surface area contributed by atoms with Gasteiger partial charge in [-0.3, -0.25) is 14.5 Å². The first-order valence-electron chi connectivity index (χ1n) is 11.3. The third-order valence-electron chi connectivity index (χ3n) is 5.95. The molecule has 3 aromatic rings. The van der Waals surface area contributed by atoms with E-state index in [4.69, 9.17) is 4.74 Å². The highest BCUT2D eigenvalue weighted by molar-refractivity contribution is 6.11. The van der Waals surface area contributed by atoms with Crippen LogP contribution in [0.5, 0.6) is 5.75 Å². The highest BCUT2D eigenvalue weighted by atomic mass is 19.4. The van der Waals surface area contributed by atoms with Crippen LogP contribution in [-0.2, 0) is 21.3 Å². The molecule has 0 saturated carbocycles. The molecule has 0 aromatic heterocycles. The molecular weight excluding hydrogens is 475 g/mol. The Morgan fingerprint density at radius 2 is 1.81 bits per heavy atom. The van der Waals surface area contributed by atoms with E-state index in [1.807, 2.05) is 37.3 Å². The molecule has 4 rings (SSSR count). The number of nitrogens with one attached hydrogen (secondary N) is 2. The van der Waals surface area contributed by atoms with Crippen LogP contribution in [-0.4, -0.2) is 35.9 Å². The van der Waals surface area contributed by atoms with Crippen LogP contribution in [0.15, 0.2) is 60.7 Å². The Morgan fingerprint density at radius 1 is 1.08 bits per heavy atom. The highest BCUT2D eigenvalue weighted by Gasteiger charge is 2.50. The van der Waals surface area contributed by atoms with Gasteiger partial charge in [-0.25, -0.2) is 4.79 Å². The molecule has 4 amide bonds. The van der Waals surface area contributed by atoms with Crippen molar-refractivity contribution in [3.05, 3.63) is 71.8 Å². The van der Waals surface area contributed by atoms with Crippen molar-refractivity contribution in [3.8, 4) is 5.75 Å². The van der Waals surface area contributed by atoms with Crippen molar-refractivity contribution < 1.29 is 32.3 Å². The van der Waals surface area contributed by atoms with E-state index < -0.39 is 41.7 Å². The summed E-state index contributed by atoms with van der Waals surface area (Å²) < 4.78 is 45.1. The number of anilines is 1. The highest BCUT2D eigenvalue weighted by Crippen LogP contribution is 2.36. The Morgan fingerprint density at radius 3 is 2.53 bits per heavy atom. The number of ether oxygens (including phenoxy) is 1. The summed E-state index contributed by atoms with van der Waals surface area (Å²) in [5, 5.41) is 6.66. The maximum atomic E-state index is 13.4. The Bertz CT molecular complexity index is 1340. The van der Waals surface area contributed by atoms with Crippen LogP contribution in [0.2, 0.25) is 0 Å². The number of carbonyl (C=O) groups excluding carboxylic acids is 3. The third-order valence-corrected chi connectivity index (χ3v) is 5.95. The van der Waals surface area contributed by atoms with Gasteiger partial charge in [0, 0.05) is 0 Å². The van der Waals surface area contributed by atoms with E-state index in [1.54, 1.807) is 19.1 Å². The molecule has 1 saturated heterocycles. The van der Waals surface area contributed by atoms with Crippen LogP contribution in [0.4, 0.5) is 23.7 Å². The van der Waals surface area contributed by atoms with E-state index in [2.05, 4.69) is 10.6 Å². The monoisotopic (exact) mass is 499 g/mol. The minimum Gasteiger partial charge on any atom is -0.491 e. The van der Waals surface area contributed by atoms with Gasteiger partial charge < -0.3 is 15.4 Å². The lowest BCUT2D eigenvalue weighted by Crippen LogP contribution is -2.42. The largest absolute Gasteiger partial charge is 0.491 e. The van der Waals surface area contributed by atoms with Crippen molar-refractivity contribution in [3.63, 3.8) is 0 Å². The normalized spacial score (nSPS) is 17.9. The lowest BCUT2D eigenvalue weighted by atomic mass is 9.88. The summed E-state index contributed by atoms with van der Waals surface area (Å²) in [5.41, 5.74) is -2.04. The van der Waals surface area contributed by atoms with E-state index in [0.29, 0.717) is 12.0 Å². The van der Waals surface area contributed by atoms with Gasteiger partial charge in [0.1, 0.15) is 17.8 Å². The molecule has 36 heavy (non-hydrogen) atoms. The predicted octanol–water partition coefficient (Wildman–Crippen LogP) is 5.05. The molecule has 1 heterocycles. The summed E-state index contributed by atoms with van der Waals surface area (Å²) in [6.07, 6.45) is -4.03. The van der Waals surface area contributed by atoms with Crippen LogP contribution >= 0.6 is 0 Å². The number of carbonyl (C=O) groups is 3. The number of hydrogen-bond donors (Lipinski definition) is 2. The number of rotatable bonds is 7. The number of benzene rings is 3. The van der Waals surface area contributed by atoms with Crippen molar-refractivity contribution in [2.75, 3.05) is 18.5 Å². The predicted molar refractivity (Wildman–Crippen MR) is 127 cm³/mol. The molecule has 1 fully saturated rings. The summed E-state index contributed by atoms with van der Waals surface area (Å²) in [5.74, 6) is -1.44. The number of hydrogen-bond acceptors (Lipinski definition) is 4. The summed E-state index contributed by atoms with van der Waals surface area (Å²) in [4.78, 5) is 39.6. The number of fused-ring (bicyclic) bond motifs is 1. The Labute approximate surface area is 205 Å². The van der Waals surface area contributed by atoms with Crippen molar-refractivity contribution in [1.29, 1.82) is 0 Å². The van der Waals surface area contributed by atoms with Gasteiger partial charge in [0.25, 0.3) is 5.91 Å². The average Bonchev–Trinajstić information content (AvgIpc) is 3.05. The number of halogens is 3. The van der Waals surface area contributed by atoms with E-state index in [0.717, 1.165) is 33.9 Å². The Hall–Kier alpha value is -4.08. The number of nitrogens with zero attached hydrogens (tertiary/aromatic N) is 1. The molecule has 0 radical (unpaired) electrons. The van der Waals surface area contributed by atoms with Crippen LogP contribution < -0.4 is 15.4 Å². The molecule has 1 aliphatic rings. The first kappa shape index (κ1) is 25.0. The zero-order valence-electron chi connectivity index (χ0n) is 19.6. The van der Waals surface area contributed by atoms with Crippen LogP contribution in [0.3, 0.4) is 0 Å². The van der Waals surface area contributed by atoms with Crippen LogP contribution in [0.25, 0.3) is 10.8 Å². The zero-order chi connectivity index (χ0) is 26.1. The maximum absolute atomic E-state index is 13.4. The number of imide groups is 1. The van der Waals surface area contributed by atoms with E-state index >= 15 is 0 Å². The summed E-state index contributed by atoms with van der Waals surface area (Å²) in [7, 11) is 0. The van der Waals surface area contributed by atoms with Gasteiger partial charge in [-0.1, -0.05) is 49.4 Å². The first-order chi connectivity index (χ1) is 17.0. The maximum Gasteiger partial charge on any atom is 0.416 e. The quantitative estimate of drug-likeness (QED) is 0.445. The smallest absolute Gasteiger partial charge is 0.416 e. The SMILES string of the molecule is CCCOc1ccc(C(F)(F)F)cc1NC(=O)CN1C(=O)N[C@](C)(c2cccc3ccccc23)C1=O. The first-order valence-corrected chi connectivity index (χ1v) is 11.3. The molecule has 10 heteroatoms. The van der Waals surface area contributed by atoms with Gasteiger partial charge in [0.15, 0.2) is 0 Å². The van der Waals surface area contributed by atoms with E-state index in [-0.39, 0.29) is 18.0 Å². The summed E-state index contributed by atoms with van der Waals surface area (Å²) >= 11 is 0. The summed E-state index contributed by atoms with van der Waals surface area (Å²) in [6, 6.07) is 14.7. The Kier molecular flexibility index (Phi) is 6.62. The fourth-order valence-electron chi connectivity index (χ4n) is 4.16. The fraction of sp³-hybridized carbons (Fsp3) is 0.269. The second-order valence-corrected chi connectivity index (χ2v) is 8.58. The van der Waals surface area contributed by atoms with Crippen molar-refractivity contribution in [1.82, 2.24) is 10.2 Å². The topological polar surface area (TPSA) is 87.7 Å². The van der Waals surface area contributed by atoms with Gasteiger partial charge >= 0.3 is 12.2 Å². The lowest BCUT2D eigenvalue weighted by Gasteiger charge is -2.24. The fourth-order valence-corrected chi connectivity index (χ4v) is 4.16. The van der Waals surface area contributed by atoms with Gasteiger partial charge in [-0.15, -0.1) is 0 Å². The van der Waals surface area contributed by atoms with E-state index in [1.165, 1.54) is 0 Å². The average molecular weight is 499 g/mol. The second kappa shape index (κ2) is 9.52. The molecule has 1 atom stereocenters. The minimum absolute atomic E-state index is 0.0518. The number of amides is 4. The second-order valence-electron chi connectivity index (χ2n) is 8.58. The molecule has 0 spiro atoms. The summed E-state index contributed by atoms with van der Waals surface area (Å²) in [6.45, 7) is 2.92. The van der Waals surface area contributed by atoms with Gasteiger partial charge in [0.05, 0.1) is 17.9 Å². The molecule has 1 aliphatic heterocycles. The molecular formula is C26H24F3N3O4. The standard InChI is InChI=1S/C26H24F3N3O4/c1-3-13-36-21-12-11-17(26(27,28)29)14-20(21)30-22(33)15-32-23(34)25(2,31-24(32)35)19-10-6-8-16-7-4-5-9-18(16)19/h4-12,14H,3,13,15H2,1-2H3,(H,30,33)(H,31,35)/t25-/m1/s1. The van der Waals surface area contributed by atoms with Gasteiger partial charge in [-0.05, 0) is 47.9 Å². The van der Waals surface area contributed by atoms with Crippen molar-refractivity contribution in [2.24, 2.45) is 0 Å². The Balaban J connectivity index is 1.57. The van der Waals surface area contributed by atoms with Crippen LogP contribution in [0, 0.1) is 0 Å². The minimum atomic E-state index is -4.63. The third kappa shape index (κ3) is 4.71. The molecule has 0 bridgehead atoms. The molecule has 0 unspecified atom stereocenters. The molecule has 2 N–H and O–H groups in total. The van der Waals surface area contributed by atoms with Crippen LogP contribution in [0.1, 0.15) is 31.4 Å². The molecule has 3 aromatic carbocycles. The zero-order valence-corrected chi connectivity index (χ0v) is 19.6. The molecule has 188 valence electrons. The molecule has 7 nitrogen and oxygen atoms in total. The van der Waals surface area contributed by atoms with Gasteiger partial charge in [-0.2, -0.15) is 13.2 Å². The number of alkyl halides is 3. The molecule has 0 aliphatic carbocycles. The van der Waals surface area contributed by atoms with Crippen molar-refractivity contribution >= 4 is 34.3 Å². The van der Waals surface area contributed by atoms with Crippen molar-refractivity contribution in [2.45, 2.75) is 32.0 Å². The van der Waals surface area contributed by atoms with E-state index in [9.17, 15) is 27.6 Å². The lowest BCUT2D eigenvalue weighted by molar-refractivity contribution is -0.137. The number of urea groups is 1. The van der Waals surface area contributed by atoms with Gasteiger partial charge in [0.2, 0.25) is 5.91 Å².